The summed E-state index contributed by atoms with van der Waals surface area (Å²) in [4.78, 5) is 36.8. The van der Waals surface area contributed by atoms with Gasteiger partial charge in [0.1, 0.15) is 0 Å². The van der Waals surface area contributed by atoms with Gasteiger partial charge in [0.15, 0.2) is 11.5 Å². The maximum Gasteiger partial charge on any atom is 0.227 e. The largest absolute Gasteiger partial charge is 0.459 e. The third-order valence-electron chi connectivity index (χ3n) is 6.92. The third kappa shape index (κ3) is 16.4. The minimum absolute atomic E-state index is 0.00511. The summed E-state index contributed by atoms with van der Waals surface area (Å²) >= 11 is 0. The Kier molecular flexibility index (Phi) is 19.0. The van der Waals surface area contributed by atoms with Crippen LogP contribution in [0.4, 0.5) is 0 Å². The van der Waals surface area contributed by atoms with Crippen LogP contribution in [0, 0.1) is 0 Å². The summed E-state index contributed by atoms with van der Waals surface area (Å²) in [6.07, 6.45) is 34.5. The van der Waals surface area contributed by atoms with Crippen LogP contribution in [0.5, 0.6) is 0 Å². The lowest BCUT2D eigenvalue weighted by Gasteiger charge is -2.24. The van der Waals surface area contributed by atoms with Crippen LogP contribution >= 0.6 is 0 Å². The molecule has 1 aromatic carbocycles. The molecule has 0 radical (unpaired) electrons. The smallest absolute Gasteiger partial charge is 0.227 e. The summed E-state index contributed by atoms with van der Waals surface area (Å²) in [6.45, 7) is 5.33. The van der Waals surface area contributed by atoms with Gasteiger partial charge >= 0.3 is 0 Å². The second-order valence-electron chi connectivity index (χ2n) is 10.7. The number of allylic oxidation sites excluding steroid dienone is 12. The molecule has 0 spiro atoms. The minimum Gasteiger partial charge on any atom is -0.459 e. The maximum absolute atomic E-state index is 12.5. The van der Waals surface area contributed by atoms with E-state index in [1.807, 2.05) is 36.4 Å². The SMILES string of the molecule is CC/C=C\C/C=C\C/C=C\C/C=C\C/C=C\C/C=C\CCC(=O)NCCNCCC(=O)NC1=CC(=O)C(C)(c2ccccc2)O1. The molecule has 45 heavy (non-hydrogen) atoms. The molecular weight excluding hydrogens is 562 g/mol. The van der Waals surface area contributed by atoms with Crippen LogP contribution in [-0.4, -0.2) is 37.2 Å². The predicted octanol–water partition coefficient (Wildman–Crippen LogP) is 7.03. The summed E-state index contributed by atoms with van der Waals surface area (Å²) in [6, 6.07) is 9.20. The molecule has 0 bridgehead atoms. The fourth-order valence-electron chi connectivity index (χ4n) is 4.33. The molecule has 1 heterocycles. The van der Waals surface area contributed by atoms with Gasteiger partial charge in [-0.1, -0.05) is 110 Å². The molecular formula is C38H51N3O4. The van der Waals surface area contributed by atoms with Crippen molar-refractivity contribution in [2.45, 2.75) is 77.2 Å². The third-order valence-corrected chi connectivity index (χ3v) is 6.92. The van der Waals surface area contributed by atoms with Gasteiger partial charge in [0.2, 0.25) is 17.6 Å². The van der Waals surface area contributed by atoms with Crippen LogP contribution in [0.1, 0.15) is 77.2 Å². The number of nitrogens with one attached hydrogen (secondary N) is 3. The van der Waals surface area contributed by atoms with E-state index in [1.54, 1.807) is 6.92 Å². The lowest BCUT2D eigenvalue weighted by molar-refractivity contribution is -0.131. The van der Waals surface area contributed by atoms with Gasteiger partial charge < -0.3 is 15.4 Å². The Hall–Kier alpha value is -4.23. The molecule has 0 aromatic heterocycles. The highest BCUT2D eigenvalue weighted by atomic mass is 16.5. The molecule has 1 unspecified atom stereocenters. The number of carbonyl (C=O) groups excluding carboxylic acids is 3. The van der Waals surface area contributed by atoms with Gasteiger partial charge in [0.05, 0.1) is 0 Å². The van der Waals surface area contributed by atoms with Crippen molar-refractivity contribution in [2.75, 3.05) is 19.6 Å². The highest BCUT2D eigenvalue weighted by Crippen LogP contribution is 2.33. The monoisotopic (exact) mass is 613 g/mol. The van der Waals surface area contributed by atoms with Crippen LogP contribution in [0.2, 0.25) is 0 Å². The van der Waals surface area contributed by atoms with Crippen molar-refractivity contribution in [1.82, 2.24) is 16.0 Å². The first-order valence-corrected chi connectivity index (χ1v) is 16.1. The van der Waals surface area contributed by atoms with E-state index in [4.69, 9.17) is 4.74 Å². The molecule has 1 aliphatic rings. The quantitative estimate of drug-likeness (QED) is 0.0964. The average molecular weight is 614 g/mol. The van der Waals surface area contributed by atoms with E-state index in [9.17, 15) is 14.4 Å². The molecule has 1 aliphatic heterocycles. The number of rotatable bonds is 22. The average Bonchev–Trinajstić information content (AvgIpc) is 3.33. The zero-order valence-electron chi connectivity index (χ0n) is 27.0. The first-order chi connectivity index (χ1) is 22.0. The molecule has 242 valence electrons. The lowest BCUT2D eigenvalue weighted by atomic mass is 9.92. The standard InChI is InChI=1S/C38H51N3O4/c1-3-4-5-6-7-8-9-10-11-12-13-14-15-16-17-18-19-20-24-27-35(43)40-31-30-39-29-28-36(44)41-37-32-34(42)38(2,45-37)33-25-22-21-23-26-33/h4-5,7-8,10-11,13-14,16-17,19-23,25-26,32,39H,3,6,9,12,15,18,24,27-31H2,1-2H3,(H,40,43)(H,41,44)/b5-4-,8-7-,11-10-,14-13-,17-16-,20-19-. The van der Waals surface area contributed by atoms with Crippen LogP contribution in [0.25, 0.3) is 0 Å². The highest BCUT2D eigenvalue weighted by molar-refractivity contribution is 6.00. The Bertz CT molecular complexity index is 1240. The zero-order valence-corrected chi connectivity index (χ0v) is 27.0. The Morgan fingerprint density at radius 3 is 1.84 bits per heavy atom. The summed E-state index contributed by atoms with van der Waals surface area (Å²) in [5.41, 5.74) is -0.400. The van der Waals surface area contributed by atoms with E-state index in [2.05, 4.69) is 89.7 Å². The van der Waals surface area contributed by atoms with Crippen molar-refractivity contribution in [1.29, 1.82) is 0 Å². The summed E-state index contributed by atoms with van der Waals surface area (Å²) in [5.74, 6) is -0.293. The molecule has 7 nitrogen and oxygen atoms in total. The number of hydrogen-bond donors (Lipinski definition) is 3. The van der Waals surface area contributed by atoms with Gasteiger partial charge in [-0.05, 0) is 51.9 Å². The second-order valence-corrected chi connectivity index (χ2v) is 10.7. The van der Waals surface area contributed by atoms with Gasteiger partial charge in [-0.2, -0.15) is 0 Å². The molecule has 0 fully saturated rings. The Morgan fingerprint density at radius 1 is 0.711 bits per heavy atom. The number of benzene rings is 1. The van der Waals surface area contributed by atoms with Crippen molar-refractivity contribution in [3.05, 3.63) is 121 Å². The fraction of sp³-hybridized carbons (Fsp3) is 0.395. The maximum atomic E-state index is 12.5. The molecule has 3 N–H and O–H groups in total. The second kappa shape index (κ2) is 23.2. The van der Waals surface area contributed by atoms with Gasteiger partial charge in [-0.25, -0.2) is 0 Å². The van der Waals surface area contributed by atoms with E-state index in [-0.39, 0.29) is 29.9 Å². The van der Waals surface area contributed by atoms with Crippen molar-refractivity contribution in [3.8, 4) is 0 Å². The fourth-order valence-corrected chi connectivity index (χ4v) is 4.33. The van der Waals surface area contributed by atoms with Crippen LogP contribution in [-0.2, 0) is 24.7 Å². The first kappa shape index (κ1) is 37.0. The molecule has 0 saturated carbocycles. The first-order valence-electron chi connectivity index (χ1n) is 16.1. The molecule has 2 amide bonds. The van der Waals surface area contributed by atoms with E-state index >= 15 is 0 Å². The van der Waals surface area contributed by atoms with Crippen LogP contribution < -0.4 is 16.0 Å². The van der Waals surface area contributed by atoms with Gasteiger partial charge in [0, 0.05) is 44.1 Å². The van der Waals surface area contributed by atoms with Crippen molar-refractivity contribution in [2.24, 2.45) is 0 Å². The number of ether oxygens (including phenoxy) is 1. The van der Waals surface area contributed by atoms with Gasteiger partial charge in [-0.15, -0.1) is 0 Å². The number of hydrogen-bond acceptors (Lipinski definition) is 5. The minimum atomic E-state index is -1.13. The molecule has 7 heteroatoms. The van der Waals surface area contributed by atoms with Crippen LogP contribution in [0.15, 0.2) is 115 Å². The van der Waals surface area contributed by atoms with E-state index in [0.717, 1.165) is 44.1 Å². The van der Waals surface area contributed by atoms with Crippen molar-refractivity contribution < 1.29 is 19.1 Å². The number of ketones is 1. The normalized spacial score (nSPS) is 17.0. The van der Waals surface area contributed by atoms with Gasteiger partial charge in [-0.3, -0.25) is 19.7 Å². The molecule has 1 atom stereocenters. The molecule has 2 rings (SSSR count). The Morgan fingerprint density at radius 2 is 1.27 bits per heavy atom. The molecule has 1 aromatic rings. The summed E-state index contributed by atoms with van der Waals surface area (Å²) in [5, 5.41) is 8.68. The van der Waals surface area contributed by atoms with Crippen molar-refractivity contribution in [3.63, 3.8) is 0 Å². The summed E-state index contributed by atoms with van der Waals surface area (Å²) < 4.78 is 5.79. The van der Waals surface area contributed by atoms with Crippen LogP contribution in [0.3, 0.4) is 0 Å². The summed E-state index contributed by atoms with van der Waals surface area (Å²) in [7, 11) is 0. The Balaban J connectivity index is 1.42. The van der Waals surface area contributed by atoms with E-state index in [0.29, 0.717) is 32.5 Å². The topological polar surface area (TPSA) is 96.5 Å². The molecule has 0 saturated heterocycles. The molecule has 0 aliphatic carbocycles. The lowest BCUT2D eigenvalue weighted by Crippen LogP contribution is -2.34. The highest BCUT2D eigenvalue weighted by Gasteiger charge is 2.42. The number of amides is 2. The zero-order chi connectivity index (χ0) is 32.4. The Labute approximate surface area is 270 Å². The van der Waals surface area contributed by atoms with Gasteiger partial charge in [0.25, 0.3) is 0 Å². The number of carbonyl (C=O) groups is 3. The van der Waals surface area contributed by atoms with Crippen molar-refractivity contribution >= 4 is 17.6 Å². The predicted molar refractivity (Wildman–Crippen MR) is 184 cm³/mol. The van der Waals surface area contributed by atoms with E-state index in [1.165, 1.54) is 6.08 Å². The van der Waals surface area contributed by atoms with E-state index < -0.39 is 5.60 Å².